The van der Waals surface area contributed by atoms with Gasteiger partial charge in [-0.3, -0.25) is 14.8 Å². The summed E-state index contributed by atoms with van der Waals surface area (Å²) < 4.78 is 7.43. The second kappa shape index (κ2) is 6.75. The normalized spacial score (nSPS) is 22.2. The first-order valence-electron chi connectivity index (χ1n) is 9.61. The second-order valence-corrected chi connectivity index (χ2v) is 9.14. The van der Waals surface area contributed by atoms with Gasteiger partial charge in [-0.15, -0.1) is 0 Å². The monoisotopic (exact) mass is 452 g/mol. The third-order valence-corrected chi connectivity index (χ3v) is 5.61. The molecule has 0 aromatic carbocycles. The molecule has 0 saturated carbocycles. The lowest BCUT2D eigenvalue weighted by Crippen LogP contribution is -2.57. The van der Waals surface area contributed by atoms with Gasteiger partial charge in [0.2, 0.25) is 0 Å². The first kappa shape index (κ1) is 19.2. The van der Waals surface area contributed by atoms with Crippen LogP contribution in [-0.2, 0) is 11.2 Å². The number of aryl methyl sites for hydroxylation is 1. The number of carbonyl (C=O) groups is 1. The SMILES string of the molecule is CCc1nc2nc(Br)[nH]n2c(=O)c1N1CC2CCC(C1)N2C(=O)OC(C)(C)C. The van der Waals surface area contributed by atoms with Gasteiger partial charge in [0.05, 0.1) is 17.8 Å². The maximum Gasteiger partial charge on any atom is 0.410 e. The maximum atomic E-state index is 13.1. The van der Waals surface area contributed by atoms with Crippen LogP contribution in [0.1, 0.15) is 46.2 Å². The Labute approximate surface area is 171 Å². The molecule has 9 nitrogen and oxygen atoms in total. The molecule has 0 radical (unpaired) electrons. The lowest BCUT2D eigenvalue weighted by molar-refractivity contribution is 0.0123. The van der Waals surface area contributed by atoms with Gasteiger partial charge in [0.15, 0.2) is 4.73 Å². The number of piperazine rings is 1. The van der Waals surface area contributed by atoms with Crippen molar-refractivity contribution in [3.63, 3.8) is 0 Å². The summed E-state index contributed by atoms with van der Waals surface area (Å²) in [7, 11) is 0. The summed E-state index contributed by atoms with van der Waals surface area (Å²) in [5, 5.41) is 2.88. The number of hydrogen-bond acceptors (Lipinski definition) is 6. The maximum absolute atomic E-state index is 13.1. The van der Waals surface area contributed by atoms with Crippen LogP contribution < -0.4 is 10.5 Å². The Hall–Kier alpha value is -2.10. The Balaban J connectivity index is 1.66. The number of anilines is 1. The number of hydrogen-bond donors (Lipinski definition) is 1. The minimum Gasteiger partial charge on any atom is -0.444 e. The van der Waals surface area contributed by atoms with E-state index in [4.69, 9.17) is 4.74 Å². The van der Waals surface area contributed by atoms with Crippen LogP contribution in [-0.4, -0.2) is 61.3 Å². The van der Waals surface area contributed by atoms with Crippen LogP contribution in [0.15, 0.2) is 9.53 Å². The Kier molecular flexibility index (Phi) is 4.64. The second-order valence-electron chi connectivity index (χ2n) is 8.39. The molecule has 2 saturated heterocycles. The molecule has 2 aliphatic heterocycles. The lowest BCUT2D eigenvalue weighted by Gasteiger charge is -2.42. The summed E-state index contributed by atoms with van der Waals surface area (Å²) in [6.45, 7) is 8.81. The molecule has 2 atom stereocenters. The van der Waals surface area contributed by atoms with Crippen LogP contribution in [0, 0.1) is 0 Å². The highest BCUT2D eigenvalue weighted by Crippen LogP contribution is 2.34. The molecule has 1 amide bonds. The summed E-state index contributed by atoms with van der Waals surface area (Å²) in [6.07, 6.45) is 2.19. The topological polar surface area (TPSA) is 95.8 Å². The fourth-order valence-corrected chi connectivity index (χ4v) is 4.52. The number of aromatic amines is 1. The minimum absolute atomic E-state index is 0.0342. The van der Waals surface area contributed by atoms with Gasteiger partial charge < -0.3 is 9.64 Å². The van der Waals surface area contributed by atoms with Crippen molar-refractivity contribution in [1.82, 2.24) is 24.5 Å². The molecule has 2 aromatic rings. The Bertz CT molecular complexity index is 964. The predicted octanol–water partition coefficient (Wildman–Crippen LogP) is 2.33. The van der Waals surface area contributed by atoms with Crippen molar-refractivity contribution < 1.29 is 9.53 Å². The molecule has 2 aromatic heterocycles. The smallest absolute Gasteiger partial charge is 0.410 e. The number of fused-ring (bicyclic) bond motifs is 3. The average Bonchev–Trinajstić information content (AvgIpc) is 3.10. The van der Waals surface area contributed by atoms with Crippen LogP contribution in [0.25, 0.3) is 5.78 Å². The molecular formula is C18H25BrN6O3. The van der Waals surface area contributed by atoms with E-state index in [0.29, 0.717) is 35.7 Å². The van der Waals surface area contributed by atoms with E-state index in [1.165, 1.54) is 4.52 Å². The number of carbonyl (C=O) groups excluding carboxylic acids is 1. The fraction of sp³-hybridized carbons (Fsp3) is 0.667. The molecule has 2 bridgehead atoms. The van der Waals surface area contributed by atoms with Crippen molar-refractivity contribution in [3.05, 3.63) is 20.8 Å². The van der Waals surface area contributed by atoms with Crippen molar-refractivity contribution in [2.24, 2.45) is 0 Å². The van der Waals surface area contributed by atoms with E-state index in [1.807, 2.05) is 32.6 Å². The number of aromatic nitrogens is 4. The van der Waals surface area contributed by atoms with Gasteiger partial charge >= 0.3 is 6.09 Å². The van der Waals surface area contributed by atoms with Gasteiger partial charge in [0.25, 0.3) is 11.3 Å². The van der Waals surface area contributed by atoms with E-state index >= 15 is 0 Å². The van der Waals surface area contributed by atoms with Gasteiger partial charge in [-0.05, 0) is 56.0 Å². The Morgan fingerprint density at radius 2 is 1.89 bits per heavy atom. The molecular weight excluding hydrogens is 428 g/mol. The van der Waals surface area contributed by atoms with E-state index in [-0.39, 0.29) is 23.7 Å². The summed E-state index contributed by atoms with van der Waals surface area (Å²) in [5.74, 6) is 0.354. The number of ether oxygens (including phenoxy) is 1. The quantitative estimate of drug-likeness (QED) is 0.750. The van der Waals surface area contributed by atoms with Gasteiger partial charge in [-0.25, -0.2) is 9.78 Å². The number of halogens is 1. The van der Waals surface area contributed by atoms with Gasteiger partial charge in [-0.1, -0.05) is 6.92 Å². The van der Waals surface area contributed by atoms with Crippen LogP contribution in [0.5, 0.6) is 0 Å². The molecule has 152 valence electrons. The van der Waals surface area contributed by atoms with E-state index in [2.05, 4.69) is 35.9 Å². The number of H-pyrrole nitrogens is 1. The van der Waals surface area contributed by atoms with Crippen molar-refractivity contribution in [2.75, 3.05) is 18.0 Å². The molecule has 4 rings (SSSR count). The van der Waals surface area contributed by atoms with Gasteiger partial charge in [-0.2, -0.15) is 9.50 Å². The van der Waals surface area contributed by atoms with Crippen molar-refractivity contribution in [3.8, 4) is 0 Å². The van der Waals surface area contributed by atoms with Crippen LogP contribution >= 0.6 is 15.9 Å². The lowest BCUT2D eigenvalue weighted by atomic mass is 10.1. The molecule has 28 heavy (non-hydrogen) atoms. The highest BCUT2D eigenvalue weighted by Gasteiger charge is 2.45. The fourth-order valence-electron chi connectivity index (χ4n) is 4.19. The van der Waals surface area contributed by atoms with Gasteiger partial charge in [0.1, 0.15) is 11.3 Å². The minimum atomic E-state index is -0.523. The predicted molar refractivity (Wildman–Crippen MR) is 108 cm³/mol. The zero-order valence-electron chi connectivity index (χ0n) is 16.5. The van der Waals surface area contributed by atoms with Crippen molar-refractivity contribution >= 4 is 33.5 Å². The molecule has 1 N–H and O–H groups in total. The molecule has 0 spiro atoms. The van der Waals surface area contributed by atoms with E-state index in [0.717, 1.165) is 18.5 Å². The summed E-state index contributed by atoms with van der Waals surface area (Å²) >= 11 is 3.26. The van der Waals surface area contributed by atoms with Crippen LogP contribution in [0.2, 0.25) is 0 Å². The average molecular weight is 453 g/mol. The summed E-state index contributed by atoms with van der Waals surface area (Å²) in [4.78, 5) is 38.5. The molecule has 4 heterocycles. The molecule has 2 unspecified atom stereocenters. The highest BCUT2D eigenvalue weighted by atomic mass is 79.9. The van der Waals surface area contributed by atoms with Crippen LogP contribution in [0.3, 0.4) is 0 Å². The van der Waals surface area contributed by atoms with E-state index in [1.54, 1.807) is 0 Å². The molecule has 0 aliphatic carbocycles. The van der Waals surface area contributed by atoms with Crippen LogP contribution in [0.4, 0.5) is 10.5 Å². The standard InChI is InChI=1S/C18H25BrN6O3/c1-5-12-13(14(26)25-16(20-12)21-15(19)22-25)23-8-10-6-7-11(9-23)24(10)17(27)28-18(2,3)4/h10-11H,5-9H2,1-4H3,(H,20,21,22). The number of nitrogens with zero attached hydrogens (tertiary/aromatic N) is 5. The number of amides is 1. The first-order chi connectivity index (χ1) is 13.2. The Morgan fingerprint density at radius 1 is 1.25 bits per heavy atom. The van der Waals surface area contributed by atoms with E-state index < -0.39 is 5.60 Å². The summed E-state index contributed by atoms with van der Waals surface area (Å²) in [6, 6.07) is 0.0683. The Morgan fingerprint density at radius 3 is 2.46 bits per heavy atom. The zero-order chi connectivity index (χ0) is 20.2. The summed E-state index contributed by atoms with van der Waals surface area (Å²) in [5.41, 5.74) is 0.640. The highest BCUT2D eigenvalue weighted by molar-refractivity contribution is 9.10. The third-order valence-electron chi connectivity index (χ3n) is 5.25. The van der Waals surface area contributed by atoms with Gasteiger partial charge in [0, 0.05) is 13.1 Å². The zero-order valence-corrected chi connectivity index (χ0v) is 18.1. The molecule has 10 heteroatoms. The van der Waals surface area contributed by atoms with Crippen molar-refractivity contribution in [2.45, 2.75) is 64.6 Å². The number of rotatable bonds is 2. The van der Waals surface area contributed by atoms with Crippen molar-refractivity contribution in [1.29, 1.82) is 0 Å². The molecule has 2 fully saturated rings. The first-order valence-corrected chi connectivity index (χ1v) is 10.4. The third kappa shape index (κ3) is 3.27. The van der Waals surface area contributed by atoms with E-state index in [9.17, 15) is 9.59 Å². The molecule has 2 aliphatic rings. The number of nitrogens with one attached hydrogen (secondary N) is 1. The largest absolute Gasteiger partial charge is 0.444 e.